The molecule has 0 aliphatic carbocycles. The molecule has 0 aliphatic heterocycles. The van der Waals surface area contributed by atoms with Crippen molar-refractivity contribution in [2.75, 3.05) is 6.61 Å². The lowest BCUT2D eigenvalue weighted by Gasteiger charge is -2.04. The van der Waals surface area contributed by atoms with Gasteiger partial charge in [-0.1, -0.05) is 5.21 Å². The van der Waals surface area contributed by atoms with Crippen molar-refractivity contribution in [3.05, 3.63) is 60.7 Å². The zero-order valence-corrected chi connectivity index (χ0v) is 14.8. The van der Waals surface area contributed by atoms with Crippen LogP contribution in [0.4, 0.5) is 0 Å². The van der Waals surface area contributed by atoms with Gasteiger partial charge in [0.2, 0.25) is 0 Å². The zero-order chi connectivity index (χ0) is 18.9. The highest BCUT2D eigenvalue weighted by molar-refractivity contribution is 5.75. The number of aromatic nitrogens is 8. The van der Waals surface area contributed by atoms with Crippen molar-refractivity contribution in [3.8, 4) is 11.3 Å². The molecule has 0 fully saturated rings. The second kappa shape index (κ2) is 6.78. The summed E-state index contributed by atoms with van der Waals surface area (Å²) in [4.78, 5) is 13.7. The first-order chi connectivity index (χ1) is 13.8. The van der Waals surface area contributed by atoms with Gasteiger partial charge in [-0.05, 0) is 36.4 Å². The fraction of sp³-hybridized carbons (Fsp3) is 0.158. The van der Waals surface area contributed by atoms with E-state index < -0.39 is 0 Å². The van der Waals surface area contributed by atoms with Crippen LogP contribution in [-0.2, 0) is 13.1 Å². The van der Waals surface area contributed by atoms with Crippen molar-refractivity contribution in [2.24, 2.45) is 0 Å². The molecule has 0 saturated carbocycles. The molecule has 0 bridgehead atoms. The van der Waals surface area contributed by atoms with E-state index in [9.17, 15) is 0 Å². The van der Waals surface area contributed by atoms with Crippen molar-refractivity contribution in [1.82, 2.24) is 39.7 Å². The molecule has 0 atom stereocenters. The van der Waals surface area contributed by atoms with Gasteiger partial charge in [-0.15, -0.1) is 5.10 Å². The number of nitrogens with zero attached hydrogens (tertiary/aromatic N) is 8. The van der Waals surface area contributed by atoms with Crippen molar-refractivity contribution in [1.29, 1.82) is 0 Å². The fourth-order valence-corrected chi connectivity index (χ4v) is 3.08. The van der Waals surface area contributed by atoms with E-state index in [2.05, 4.69) is 25.4 Å². The molecular weight excluding hydrogens is 356 g/mol. The number of fused-ring (bicyclic) bond motifs is 2. The molecule has 0 aromatic carbocycles. The molecule has 0 aliphatic rings. The van der Waals surface area contributed by atoms with Crippen LogP contribution in [0.5, 0.6) is 0 Å². The van der Waals surface area contributed by atoms with Crippen LogP contribution in [0.25, 0.3) is 33.5 Å². The Kier molecular flexibility index (Phi) is 3.99. The van der Waals surface area contributed by atoms with Gasteiger partial charge in [0.25, 0.3) is 0 Å². The number of rotatable bonds is 5. The third-order valence-electron chi connectivity index (χ3n) is 4.44. The predicted molar refractivity (Wildman–Crippen MR) is 102 cm³/mol. The van der Waals surface area contributed by atoms with Crippen LogP contribution >= 0.6 is 0 Å². The summed E-state index contributed by atoms with van der Waals surface area (Å²) in [5.41, 5.74) is 5.60. The van der Waals surface area contributed by atoms with E-state index in [0.717, 1.165) is 28.0 Å². The van der Waals surface area contributed by atoms with Gasteiger partial charge >= 0.3 is 0 Å². The Bertz CT molecular complexity index is 1280. The number of hydrogen-bond donors (Lipinski definition) is 1. The lowest BCUT2D eigenvalue weighted by molar-refractivity contribution is 0.269. The maximum atomic E-state index is 9.05. The molecule has 5 rings (SSSR count). The Balaban J connectivity index is 1.50. The predicted octanol–water partition coefficient (Wildman–Crippen LogP) is 1.67. The normalized spacial score (nSPS) is 11.5. The summed E-state index contributed by atoms with van der Waals surface area (Å²) >= 11 is 0. The summed E-state index contributed by atoms with van der Waals surface area (Å²) in [6.45, 7) is 0.949. The van der Waals surface area contributed by atoms with Gasteiger partial charge in [-0.2, -0.15) is 5.10 Å². The smallest absolute Gasteiger partial charge is 0.179 e. The topological polar surface area (TPSA) is 107 Å². The third kappa shape index (κ3) is 2.97. The van der Waals surface area contributed by atoms with Gasteiger partial charge < -0.3 is 5.11 Å². The molecule has 138 valence electrons. The minimum Gasteiger partial charge on any atom is -0.394 e. The first-order valence-corrected chi connectivity index (χ1v) is 8.85. The molecule has 9 nitrogen and oxygen atoms in total. The molecule has 9 heteroatoms. The Morgan fingerprint density at radius 1 is 0.964 bits per heavy atom. The molecule has 0 spiro atoms. The number of aliphatic hydroxyl groups is 1. The van der Waals surface area contributed by atoms with Crippen LogP contribution in [0.3, 0.4) is 0 Å². The summed E-state index contributed by atoms with van der Waals surface area (Å²) in [5.74, 6) is 0. The molecular formula is C19H16N8O. The molecule has 5 aromatic rings. The van der Waals surface area contributed by atoms with Crippen molar-refractivity contribution in [3.63, 3.8) is 0 Å². The van der Waals surface area contributed by atoms with Gasteiger partial charge in [-0.25, -0.2) is 14.6 Å². The summed E-state index contributed by atoms with van der Waals surface area (Å²) in [5, 5.41) is 21.7. The number of aliphatic hydroxyl groups excluding tert-OH is 1. The molecule has 5 heterocycles. The number of pyridine rings is 3. The van der Waals surface area contributed by atoms with Gasteiger partial charge in [0.1, 0.15) is 5.52 Å². The van der Waals surface area contributed by atoms with Gasteiger partial charge in [-0.3, -0.25) is 9.67 Å². The summed E-state index contributed by atoms with van der Waals surface area (Å²) in [7, 11) is 0. The minimum atomic E-state index is 0.0402. The second-order valence-corrected chi connectivity index (χ2v) is 6.35. The van der Waals surface area contributed by atoms with E-state index in [1.807, 2.05) is 42.6 Å². The van der Waals surface area contributed by atoms with Crippen LogP contribution in [0.1, 0.15) is 5.69 Å². The van der Waals surface area contributed by atoms with E-state index in [-0.39, 0.29) is 6.61 Å². The average Bonchev–Trinajstić information content (AvgIpc) is 3.35. The fourth-order valence-electron chi connectivity index (χ4n) is 3.08. The van der Waals surface area contributed by atoms with Crippen LogP contribution in [0.15, 0.2) is 55.0 Å². The van der Waals surface area contributed by atoms with E-state index in [1.54, 1.807) is 21.8 Å². The Labute approximate surface area is 159 Å². The summed E-state index contributed by atoms with van der Waals surface area (Å²) in [6, 6.07) is 11.5. The number of hydrogen-bond acceptors (Lipinski definition) is 7. The minimum absolute atomic E-state index is 0.0402. The molecule has 1 N–H and O–H groups in total. The van der Waals surface area contributed by atoms with Crippen LogP contribution in [-0.4, -0.2) is 51.4 Å². The van der Waals surface area contributed by atoms with E-state index in [1.165, 1.54) is 0 Å². The SMILES string of the molecule is OCCn1cc(-c2ccc3nnn(Cc4ccc5ncccc5n4)c3n2)cn1. The maximum Gasteiger partial charge on any atom is 0.179 e. The molecule has 0 saturated heterocycles. The van der Waals surface area contributed by atoms with Crippen molar-refractivity contribution < 1.29 is 5.11 Å². The van der Waals surface area contributed by atoms with E-state index >= 15 is 0 Å². The maximum absolute atomic E-state index is 9.05. The molecule has 5 aromatic heterocycles. The zero-order valence-electron chi connectivity index (χ0n) is 14.8. The Morgan fingerprint density at radius 2 is 1.89 bits per heavy atom. The van der Waals surface area contributed by atoms with E-state index in [4.69, 9.17) is 10.1 Å². The van der Waals surface area contributed by atoms with Gasteiger partial charge in [0, 0.05) is 18.0 Å². The Hall–Kier alpha value is -3.72. The highest BCUT2D eigenvalue weighted by Gasteiger charge is 2.11. The monoisotopic (exact) mass is 372 g/mol. The lowest BCUT2D eigenvalue weighted by Crippen LogP contribution is -2.05. The summed E-state index contributed by atoms with van der Waals surface area (Å²) < 4.78 is 3.42. The average molecular weight is 372 g/mol. The van der Waals surface area contributed by atoms with Crippen LogP contribution < -0.4 is 0 Å². The van der Waals surface area contributed by atoms with Crippen LogP contribution in [0.2, 0.25) is 0 Å². The summed E-state index contributed by atoms with van der Waals surface area (Å²) in [6.07, 6.45) is 5.34. The first kappa shape index (κ1) is 16.5. The first-order valence-electron chi connectivity index (χ1n) is 8.85. The highest BCUT2D eigenvalue weighted by Crippen LogP contribution is 2.20. The second-order valence-electron chi connectivity index (χ2n) is 6.35. The van der Waals surface area contributed by atoms with Crippen molar-refractivity contribution in [2.45, 2.75) is 13.1 Å². The highest BCUT2D eigenvalue weighted by atomic mass is 16.3. The van der Waals surface area contributed by atoms with Crippen molar-refractivity contribution >= 4 is 22.2 Å². The standard InChI is InChI=1S/C19H16N8O/c28-9-8-26-11-13(10-21-26)15-5-6-18-19(23-15)27(25-24-18)12-14-3-4-16-17(22-14)2-1-7-20-16/h1-7,10-11,28H,8-9,12H2. The molecule has 28 heavy (non-hydrogen) atoms. The van der Waals surface area contributed by atoms with Gasteiger partial charge in [0.05, 0.1) is 48.3 Å². The Morgan fingerprint density at radius 3 is 2.82 bits per heavy atom. The van der Waals surface area contributed by atoms with Gasteiger partial charge in [0.15, 0.2) is 5.65 Å². The molecule has 0 unspecified atom stereocenters. The largest absolute Gasteiger partial charge is 0.394 e. The quantitative estimate of drug-likeness (QED) is 0.500. The van der Waals surface area contributed by atoms with Crippen LogP contribution in [0, 0.1) is 0 Å². The molecule has 0 amide bonds. The van der Waals surface area contributed by atoms with E-state index in [0.29, 0.717) is 24.3 Å². The third-order valence-corrected chi connectivity index (χ3v) is 4.44. The molecule has 0 radical (unpaired) electrons. The lowest BCUT2D eigenvalue weighted by atomic mass is 10.2.